The summed E-state index contributed by atoms with van der Waals surface area (Å²) in [4.78, 5) is 36.0. The SMILES string of the molecule is CC(=O)O.CC(=O)O.CC(=O)O.CC(=O)O.NCCOCCO. The Kier molecular flexibility index (Phi) is 45.3. The zero-order valence-electron chi connectivity index (χ0n) is 13.7. The number of carboxylic acid groups (broad SMARTS) is 4. The Labute approximate surface area is 134 Å². The van der Waals surface area contributed by atoms with Crippen molar-refractivity contribution in [1.29, 1.82) is 0 Å². The predicted molar refractivity (Wildman–Crippen MR) is 80.2 cm³/mol. The molecular formula is C12H27NO10. The van der Waals surface area contributed by atoms with Crippen LogP contribution >= 0.6 is 0 Å². The highest BCUT2D eigenvalue weighted by Crippen LogP contribution is 1.66. The highest BCUT2D eigenvalue weighted by atomic mass is 16.5. The second-order valence-electron chi connectivity index (χ2n) is 3.20. The summed E-state index contributed by atoms with van der Waals surface area (Å²) >= 11 is 0. The lowest BCUT2D eigenvalue weighted by molar-refractivity contribution is -0.135. The van der Waals surface area contributed by atoms with Gasteiger partial charge < -0.3 is 36.0 Å². The maximum absolute atomic E-state index is 9.00. The number of aliphatic hydroxyl groups excluding tert-OH is 1. The standard InChI is InChI=1S/C4H11NO2.4C2H4O2/c5-1-3-7-4-2-6;4*1-2(3)4/h6H,1-5H2;4*1H3,(H,3,4). The molecule has 0 fully saturated rings. The Morgan fingerprint density at radius 1 is 0.739 bits per heavy atom. The topological polar surface area (TPSA) is 205 Å². The minimum atomic E-state index is -0.833. The van der Waals surface area contributed by atoms with E-state index in [-0.39, 0.29) is 6.61 Å². The van der Waals surface area contributed by atoms with Crippen LogP contribution in [0.5, 0.6) is 0 Å². The van der Waals surface area contributed by atoms with Crippen molar-refractivity contribution < 1.29 is 49.4 Å². The van der Waals surface area contributed by atoms with Crippen LogP contribution in [-0.2, 0) is 23.9 Å². The van der Waals surface area contributed by atoms with Crippen molar-refractivity contribution >= 4 is 23.9 Å². The minimum Gasteiger partial charge on any atom is -0.481 e. The molecule has 0 aliphatic carbocycles. The number of hydrogen-bond donors (Lipinski definition) is 6. The predicted octanol–water partition coefficient (Wildman–Crippen LogP) is -0.682. The van der Waals surface area contributed by atoms with Gasteiger partial charge in [-0.1, -0.05) is 0 Å². The van der Waals surface area contributed by atoms with Gasteiger partial charge in [0.1, 0.15) is 0 Å². The van der Waals surface area contributed by atoms with Gasteiger partial charge in [-0.2, -0.15) is 0 Å². The van der Waals surface area contributed by atoms with E-state index in [4.69, 9.17) is 55.2 Å². The van der Waals surface area contributed by atoms with E-state index in [1.807, 2.05) is 0 Å². The molecule has 0 bridgehead atoms. The summed E-state index contributed by atoms with van der Waals surface area (Å²) in [6.45, 7) is 5.89. The Balaban J connectivity index is -0.0000000604. The lowest BCUT2D eigenvalue weighted by Crippen LogP contribution is -2.10. The van der Waals surface area contributed by atoms with E-state index in [1.54, 1.807) is 0 Å². The average Bonchev–Trinajstić information content (AvgIpc) is 2.26. The summed E-state index contributed by atoms with van der Waals surface area (Å²) in [6, 6.07) is 0. The summed E-state index contributed by atoms with van der Waals surface area (Å²) in [7, 11) is 0. The number of ether oxygens (including phenoxy) is 1. The highest BCUT2D eigenvalue weighted by Gasteiger charge is 1.78. The van der Waals surface area contributed by atoms with Gasteiger partial charge in [-0.25, -0.2) is 0 Å². The molecule has 0 amide bonds. The number of aliphatic hydroxyl groups is 1. The van der Waals surface area contributed by atoms with Gasteiger partial charge in [0, 0.05) is 34.2 Å². The zero-order valence-corrected chi connectivity index (χ0v) is 13.7. The second-order valence-corrected chi connectivity index (χ2v) is 3.20. The molecule has 0 rings (SSSR count). The summed E-state index contributed by atoms with van der Waals surface area (Å²) in [5, 5.41) is 37.8. The van der Waals surface area contributed by atoms with Gasteiger partial charge in [-0.15, -0.1) is 0 Å². The number of rotatable bonds is 4. The van der Waals surface area contributed by atoms with Gasteiger partial charge in [0.25, 0.3) is 23.9 Å². The van der Waals surface area contributed by atoms with E-state index in [0.29, 0.717) is 19.8 Å². The normalized spacial score (nSPS) is 7.22. The van der Waals surface area contributed by atoms with Crippen LogP contribution in [0.25, 0.3) is 0 Å². The van der Waals surface area contributed by atoms with Crippen LogP contribution < -0.4 is 5.73 Å². The smallest absolute Gasteiger partial charge is 0.300 e. The fourth-order valence-corrected chi connectivity index (χ4v) is 0.250. The van der Waals surface area contributed by atoms with Crippen molar-refractivity contribution in [3.8, 4) is 0 Å². The summed E-state index contributed by atoms with van der Waals surface area (Å²) in [5.74, 6) is -3.33. The second kappa shape index (κ2) is 31.9. The molecule has 7 N–H and O–H groups in total. The molecule has 0 atom stereocenters. The first-order valence-electron chi connectivity index (χ1n) is 6.01. The molecule has 140 valence electrons. The molecule has 0 aromatic carbocycles. The van der Waals surface area contributed by atoms with Crippen molar-refractivity contribution in [1.82, 2.24) is 0 Å². The third-order valence-electron chi connectivity index (χ3n) is 0.498. The Morgan fingerprint density at radius 3 is 1.09 bits per heavy atom. The van der Waals surface area contributed by atoms with Crippen molar-refractivity contribution in [3.05, 3.63) is 0 Å². The maximum atomic E-state index is 9.00. The molecule has 0 saturated heterocycles. The van der Waals surface area contributed by atoms with Gasteiger partial charge >= 0.3 is 0 Å². The Hall–Kier alpha value is -2.24. The van der Waals surface area contributed by atoms with E-state index < -0.39 is 23.9 Å². The third-order valence-corrected chi connectivity index (χ3v) is 0.498. The molecule has 0 aliphatic heterocycles. The van der Waals surface area contributed by atoms with Crippen molar-refractivity contribution in [3.63, 3.8) is 0 Å². The Morgan fingerprint density at radius 2 is 0.957 bits per heavy atom. The van der Waals surface area contributed by atoms with Crippen LogP contribution in [0.15, 0.2) is 0 Å². The van der Waals surface area contributed by atoms with Crippen LogP contribution in [0.1, 0.15) is 27.7 Å². The van der Waals surface area contributed by atoms with Gasteiger partial charge in [0.2, 0.25) is 0 Å². The molecule has 0 aliphatic rings. The minimum absolute atomic E-state index is 0.0833. The number of nitrogens with two attached hydrogens (primary N) is 1. The molecule has 0 aromatic rings. The average molecular weight is 345 g/mol. The van der Waals surface area contributed by atoms with Crippen molar-refractivity contribution in [2.45, 2.75) is 27.7 Å². The Bertz CT molecular complexity index is 226. The first-order valence-corrected chi connectivity index (χ1v) is 6.01. The van der Waals surface area contributed by atoms with Crippen molar-refractivity contribution in [2.75, 3.05) is 26.4 Å². The number of carboxylic acids is 4. The molecule has 0 radical (unpaired) electrons. The summed E-state index contributed by atoms with van der Waals surface area (Å²) in [6.07, 6.45) is 0. The lowest BCUT2D eigenvalue weighted by atomic mass is 10.7. The van der Waals surface area contributed by atoms with Gasteiger partial charge in [-0.3, -0.25) is 19.2 Å². The zero-order chi connectivity index (χ0) is 19.8. The molecule has 0 heterocycles. The third kappa shape index (κ3) is 2010. The summed E-state index contributed by atoms with van der Waals surface area (Å²) < 4.78 is 4.76. The first-order chi connectivity index (χ1) is 10.3. The quantitative estimate of drug-likeness (QED) is 0.352. The molecular weight excluding hydrogens is 318 g/mol. The molecule has 23 heavy (non-hydrogen) atoms. The van der Waals surface area contributed by atoms with Crippen LogP contribution in [0.2, 0.25) is 0 Å². The van der Waals surface area contributed by atoms with Gasteiger partial charge in [-0.05, 0) is 0 Å². The first kappa shape index (κ1) is 32.6. The lowest BCUT2D eigenvalue weighted by Gasteiger charge is -1.95. The van der Waals surface area contributed by atoms with Crippen LogP contribution in [0, 0.1) is 0 Å². The van der Waals surface area contributed by atoms with Gasteiger partial charge in [0.15, 0.2) is 0 Å². The van der Waals surface area contributed by atoms with Gasteiger partial charge in [0.05, 0.1) is 19.8 Å². The molecule has 11 heteroatoms. The molecule has 0 unspecified atom stereocenters. The number of carbonyl (C=O) groups is 4. The molecule has 0 saturated carbocycles. The molecule has 11 nitrogen and oxygen atoms in total. The summed E-state index contributed by atoms with van der Waals surface area (Å²) in [5.41, 5.74) is 5.06. The van der Waals surface area contributed by atoms with Crippen LogP contribution in [-0.4, -0.2) is 75.8 Å². The van der Waals surface area contributed by atoms with Crippen LogP contribution in [0.3, 0.4) is 0 Å². The van der Waals surface area contributed by atoms with E-state index in [1.165, 1.54) is 0 Å². The largest absolute Gasteiger partial charge is 0.481 e. The van der Waals surface area contributed by atoms with E-state index in [2.05, 4.69) is 0 Å². The van der Waals surface area contributed by atoms with Crippen LogP contribution in [0.4, 0.5) is 0 Å². The fraction of sp³-hybridized carbons (Fsp3) is 0.667. The van der Waals surface area contributed by atoms with E-state index in [0.717, 1.165) is 27.7 Å². The monoisotopic (exact) mass is 345 g/mol. The van der Waals surface area contributed by atoms with E-state index >= 15 is 0 Å². The highest BCUT2D eigenvalue weighted by molar-refractivity contribution is 5.63. The number of hydrogen-bond acceptors (Lipinski definition) is 7. The maximum Gasteiger partial charge on any atom is 0.300 e. The number of aliphatic carboxylic acids is 4. The van der Waals surface area contributed by atoms with E-state index in [9.17, 15) is 0 Å². The molecule has 0 aromatic heterocycles. The molecule has 0 spiro atoms. The fourth-order valence-electron chi connectivity index (χ4n) is 0.250. The van der Waals surface area contributed by atoms with Crippen molar-refractivity contribution in [2.24, 2.45) is 5.73 Å².